The number of halogens is 1. The van der Waals surface area contributed by atoms with Crippen LogP contribution in [0.25, 0.3) is 11.0 Å². The summed E-state index contributed by atoms with van der Waals surface area (Å²) in [5.74, 6) is 0.136. The van der Waals surface area contributed by atoms with Crippen molar-refractivity contribution in [3.63, 3.8) is 0 Å². The number of ether oxygens (including phenoxy) is 1. The van der Waals surface area contributed by atoms with Crippen molar-refractivity contribution in [3.8, 4) is 5.75 Å². The zero-order chi connectivity index (χ0) is 22.6. The number of nitrogens with one attached hydrogen (secondary N) is 3. The Morgan fingerprint density at radius 1 is 1.13 bits per heavy atom. The minimum atomic E-state index is -3.71. The predicted molar refractivity (Wildman–Crippen MR) is 113 cm³/mol. The van der Waals surface area contributed by atoms with Crippen molar-refractivity contribution in [1.82, 2.24) is 10.0 Å². The Balaban J connectivity index is 1.99. The van der Waals surface area contributed by atoms with Gasteiger partial charge in [0.15, 0.2) is 0 Å². The average Bonchev–Trinajstić information content (AvgIpc) is 2.74. The molecule has 3 aromatic rings. The number of rotatable bonds is 7. The molecule has 1 heterocycles. The molecule has 0 aliphatic carbocycles. The van der Waals surface area contributed by atoms with Crippen molar-refractivity contribution in [3.05, 3.63) is 69.6 Å². The van der Waals surface area contributed by atoms with Crippen LogP contribution in [-0.2, 0) is 23.3 Å². The van der Waals surface area contributed by atoms with Crippen LogP contribution in [0.1, 0.15) is 16.7 Å². The molecule has 0 aliphatic rings. The van der Waals surface area contributed by atoms with E-state index in [0.717, 1.165) is 0 Å². The third kappa shape index (κ3) is 5.19. The number of hydrogen-bond acceptors (Lipinski definition) is 6. The zero-order valence-corrected chi connectivity index (χ0v) is 17.5. The van der Waals surface area contributed by atoms with E-state index >= 15 is 0 Å². The molecule has 11 heteroatoms. The molecule has 0 aliphatic heterocycles. The molecule has 3 N–H and O–H groups in total. The largest absolute Gasteiger partial charge is 0.422 e. The van der Waals surface area contributed by atoms with E-state index in [9.17, 15) is 22.4 Å². The molecule has 9 nitrogen and oxygen atoms in total. The molecule has 0 radical (unpaired) electrons. The molecule has 0 spiro atoms. The lowest BCUT2D eigenvalue weighted by Crippen LogP contribution is -2.26. The van der Waals surface area contributed by atoms with Gasteiger partial charge in [-0.3, -0.25) is 4.72 Å². The summed E-state index contributed by atoms with van der Waals surface area (Å²) in [7, 11) is -1.04. The van der Waals surface area contributed by atoms with Gasteiger partial charge in [0.1, 0.15) is 18.0 Å². The van der Waals surface area contributed by atoms with Crippen molar-refractivity contribution < 1.29 is 26.8 Å². The van der Waals surface area contributed by atoms with E-state index in [1.54, 1.807) is 24.3 Å². The van der Waals surface area contributed by atoms with E-state index in [-0.39, 0.29) is 34.6 Å². The first-order chi connectivity index (χ1) is 14.8. The Morgan fingerprint density at radius 2 is 1.90 bits per heavy atom. The lowest BCUT2D eigenvalue weighted by molar-refractivity contribution is 0.203. The van der Waals surface area contributed by atoms with Gasteiger partial charge in [-0.15, -0.1) is 0 Å². The molecule has 0 bridgehead atoms. The fourth-order valence-corrected chi connectivity index (χ4v) is 3.53. The molecule has 0 atom stereocenters. The van der Waals surface area contributed by atoms with Crippen molar-refractivity contribution in [1.29, 1.82) is 0 Å². The van der Waals surface area contributed by atoms with E-state index in [4.69, 9.17) is 9.15 Å². The third-order valence-corrected chi connectivity index (χ3v) is 5.51. The van der Waals surface area contributed by atoms with Crippen LogP contribution < -0.4 is 25.1 Å². The van der Waals surface area contributed by atoms with Crippen molar-refractivity contribution >= 4 is 33.0 Å². The fourth-order valence-electron chi connectivity index (χ4n) is 2.99. The minimum Gasteiger partial charge on any atom is -0.422 e. The highest BCUT2D eigenvalue weighted by Gasteiger charge is 2.17. The van der Waals surface area contributed by atoms with Gasteiger partial charge in [0, 0.05) is 43.1 Å². The maximum atomic E-state index is 13.9. The maximum Gasteiger partial charge on any atom is 0.412 e. The Hall–Kier alpha value is -3.44. The van der Waals surface area contributed by atoms with E-state index in [1.807, 2.05) is 0 Å². The lowest BCUT2D eigenvalue weighted by Gasteiger charge is -2.11. The van der Waals surface area contributed by atoms with Gasteiger partial charge in [0.05, 0.1) is 5.69 Å². The summed E-state index contributed by atoms with van der Waals surface area (Å²) in [5.41, 5.74) is 0.478. The smallest absolute Gasteiger partial charge is 0.412 e. The zero-order valence-electron chi connectivity index (χ0n) is 16.7. The topological polar surface area (TPSA) is 127 Å². The van der Waals surface area contributed by atoms with E-state index in [0.29, 0.717) is 10.9 Å². The van der Waals surface area contributed by atoms with Crippen LogP contribution in [-0.4, -0.2) is 28.6 Å². The first-order valence-corrected chi connectivity index (χ1v) is 10.6. The van der Waals surface area contributed by atoms with Crippen molar-refractivity contribution in [2.45, 2.75) is 13.1 Å². The number of carbonyl (C=O) groups excluding carboxylic acids is 1. The highest BCUT2D eigenvalue weighted by atomic mass is 32.2. The number of alkyl halides is 1. The second-order valence-electron chi connectivity index (χ2n) is 6.46. The first kappa shape index (κ1) is 22.2. The van der Waals surface area contributed by atoms with Crippen LogP contribution in [0.3, 0.4) is 0 Å². The molecule has 1 aromatic heterocycles. The summed E-state index contributed by atoms with van der Waals surface area (Å²) < 4.78 is 52.1. The quantitative estimate of drug-likeness (QED) is 0.476. The minimum absolute atomic E-state index is 0.0309. The van der Waals surface area contributed by atoms with Gasteiger partial charge < -0.3 is 14.5 Å². The molecule has 0 saturated carbocycles. The molecule has 0 fully saturated rings. The maximum absolute atomic E-state index is 13.9. The normalized spacial score (nSPS) is 11.3. The number of carbonyl (C=O) groups is 1. The van der Waals surface area contributed by atoms with Crippen LogP contribution in [0.15, 0.2) is 51.7 Å². The fraction of sp³-hybridized carbons (Fsp3) is 0.200. The van der Waals surface area contributed by atoms with Crippen molar-refractivity contribution in [2.75, 3.05) is 18.8 Å². The lowest BCUT2D eigenvalue weighted by atomic mass is 9.99. The summed E-state index contributed by atoms with van der Waals surface area (Å²) in [4.78, 5) is 24.0. The predicted octanol–water partition coefficient (Wildman–Crippen LogP) is 2.45. The van der Waals surface area contributed by atoms with Gasteiger partial charge in [-0.1, -0.05) is 12.1 Å². The molecule has 2 aromatic carbocycles. The van der Waals surface area contributed by atoms with Crippen LogP contribution >= 0.6 is 0 Å². The monoisotopic (exact) mass is 449 g/mol. The number of hydrogen-bond donors (Lipinski definition) is 3. The molecule has 31 heavy (non-hydrogen) atoms. The third-order valence-electron chi connectivity index (χ3n) is 4.47. The molecule has 0 saturated heterocycles. The average molecular weight is 449 g/mol. The number of amides is 1. The summed E-state index contributed by atoms with van der Waals surface area (Å²) in [6.45, 7) is -0.918. The first-order valence-electron chi connectivity index (χ1n) is 9.10. The molecular formula is C20H20FN3O6S. The number of fused-ring (bicyclic) bond motifs is 1. The summed E-state index contributed by atoms with van der Waals surface area (Å²) in [6, 6.07) is 10.7. The Bertz CT molecular complexity index is 1290. The standard InChI is InChI=1S/C20H20FN3O6S/c1-22-20(26)29-14-6-7-15-17(11-21)16(19(25)30-18(15)10-14)9-12-4-3-5-13(8-12)24-31(27,28)23-2/h3-8,10,23-24H,9,11H2,1-2H3,(H,22,26). The van der Waals surface area contributed by atoms with Crippen LogP contribution in [0.2, 0.25) is 0 Å². The van der Waals surface area contributed by atoms with Gasteiger partial charge in [0.25, 0.3) is 10.2 Å². The summed E-state index contributed by atoms with van der Waals surface area (Å²) in [5, 5.41) is 2.66. The molecule has 3 rings (SSSR count). The molecule has 164 valence electrons. The van der Waals surface area contributed by atoms with E-state index < -0.39 is 28.6 Å². The Labute approximate surface area is 177 Å². The Morgan fingerprint density at radius 3 is 2.58 bits per heavy atom. The Kier molecular flexibility index (Phi) is 6.56. The van der Waals surface area contributed by atoms with E-state index in [2.05, 4.69) is 14.8 Å². The van der Waals surface area contributed by atoms with Crippen LogP contribution in [0, 0.1) is 0 Å². The highest BCUT2D eigenvalue weighted by molar-refractivity contribution is 7.90. The second-order valence-corrected chi connectivity index (χ2v) is 8.08. The number of benzene rings is 2. The highest BCUT2D eigenvalue weighted by Crippen LogP contribution is 2.27. The summed E-state index contributed by atoms with van der Waals surface area (Å²) in [6.07, 6.45) is -0.666. The molecular weight excluding hydrogens is 429 g/mol. The second kappa shape index (κ2) is 9.14. The molecule has 1 amide bonds. The van der Waals surface area contributed by atoms with Crippen LogP contribution in [0.5, 0.6) is 5.75 Å². The van der Waals surface area contributed by atoms with Gasteiger partial charge in [-0.2, -0.15) is 8.42 Å². The molecule has 0 unspecified atom stereocenters. The van der Waals surface area contributed by atoms with Crippen molar-refractivity contribution in [2.24, 2.45) is 0 Å². The van der Waals surface area contributed by atoms with Gasteiger partial charge in [0.2, 0.25) is 0 Å². The van der Waals surface area contributed by atoms with Gasteiger partial charge in [-0.05, 0) is 29.8 Å². The van der Waals surface area contributed by atoms with Crippen LogP contribution in [0.4, 0.5) is 14.9 Å². The SMILES string of the molecule is CNC(=O)Oc1ccc2c(CF)c(Cc3cccc(NS(=O)(=O)NC)c3)c(=O)oc2c1. The summed E-state index contributed by atoms with van der Waals surface area (Å²) >= 11 is 0. The van der Waals surface area contributed by atoms with Gasteiger partial charge in [-0.25, -0.2) is 18.7 Å². The number of anilines is 1. The van der Waals surface area contributed by atoms with E-state index in [1.165, 1.54) is 32.3 Å². The van der Waals surface area contributed by atoms with Gasteiger partial charge >= 0.3 is 11.7 Å².